The van der Waals surface area contributed by atoms with Crippen LogP contribution in [0.1, 0.15) is 26.3 Å². The van der Waals surface area contributed by atoms with Crippen molar-refractivity contribution in [3.8, 4) is 10.6 Å². The number of hydrogen-bond donors (Lipinski definition) is 1. The number of amides is 1. The highest BCUT2D eigenvalue weighted by Crippen LogP contribution is 2.42. The Bertz CT molecular complexity index is 1100. The number of benzene rings is 1. The zero-order valence-electron chi connectivity index (χ0n) is 16.5. The number of rotatable bonds is 7. The lowest BCUT2D eigenvalue weighted by atomic mass is 10.0. The van der Waals surface area contributed by atoms with E-state index in [0.717, 1.165) is 15.4 Å². The van der Waals surface area contributed by atoms with Crippen LogP contribution in [0.2, 0.25) is 0 Å². The smallest absolute Gasteiger partial charge is 0.290 e. The van der Waals surface area contributed by atoms with Crippen molar-refractivity contribution in [1.29, 1.82) is 0 Å². The van der Waals surface area contributed by atoms with Crippen LogP contribution in [0.5, 0.6) is 0 Å². The van der Waals surface area contributed by atoms with Crippen LogP contribution < -0.4 is 0 Å². The highest BCUT2D eigenvalue weighted by atomic mass is 32.1. The number of aliphatic hydroxyl groups excluding tert-OH is 1. The molecule has 30 heavy (non-hydrogen) atoms. The minimum atomic E-state index is -0.637. The molecule has 6 nitrogen and oxygen atoms in total. The van der Waals surface area contributed by atoms with Gasteiger partial charge in [-0.2, -0.15) is 0 Å². The van der Waals surface area contributed by atoms with E-state index in [1.165, 1.54) is 27.6 Å². The molecule has 3 heterocycles. The molecule has 1 N–H and O–H groups in total. The fourth-order valence-corrected chi connectivity index (χ4v) is 5.35. The molecule has 2 aromatic heterocycles. The molecular formula is C22H20N2O4S2. The lowest BCUT2D eigenvalue weighted by molar-refractivity contribution is -0.130. The predicted octanol–water partition coefficient (Wildman–Crippen LogP) is 4.40. The summed E-state index contributed by atoms with van der Waals surface area (Å²) in [6.07, 6.45) is 0. The molecule has 1 unspecified atom stereocenters. The number of carbonyl (C=O) groups excluding carboxylic acids is 2. The summed E-state index contributed by atoms with van der Waals surface area (Å²) >= 11 is 2.71. The standard InChI is InChI=1S/C22H20N2O4S2/c1-13-20(30-21(23-13)14-7-4-3-5-8-14)18(25)16-17(15-9-6-12-29-15)24(10-11-28-2)22(27)19(16)26/h3-9,12,17,26H,10-11H2,1-2H3. The Labute approximate surface area is 182 Å². The summed E-state index contributed by atoms with van der Waals surface area (Å²) < 4.78 is 5.12. The second kappa shape index (κ2) is 8.51. The van der Waals surface area contributed by atoms with E-state index in [0.29, 0.717) is 17.2 Å². The van der Waals surface area contributed by atoms with Gasteiger partial charge in [-0.05, 0) is 18.4 Å². The van der Waals surface area contributed by atoms with Gasteiger partial charge in [-0.3, -0.25) is 9.59 Å². The monoisotopic (exact) mass is 440 g/mol. The van der Waals surface area contributed by atoms with Crippen molar-refractivity contribution in [2.75, 3.05) is 20.3 Å². The molecule has 1 amide bonds. The van der Waals surface area contributed by atoms with E-state index in [-0.39, 0.29) is 17.9 Å². The number of thiazole rings is 1. The molecule has 1 aliphatic rings. The van der Waals surface area contributed by atoms with Crippen LogP contribution in [0.4, 0.5) is 0 Å². The first-order valence-electron chi connectivity index (χ1n) is 9.37. The lowest BCUT2D eigenvalue weighted by Gasteiger charge is -2.25. The van der Waals surface area contributed by atoms with Gasteiger partial charge in [-0.1, -0.05) is 36.4 Å². The SMILES string of the molecule is COCCN1C(=O)C(O)=C(C(=O)c2sc(-c3ccccc3)nc2C)C1c1cccs1. The van der Waals surface area contributed by atoms with Crippen LogP contribution in [-0.2, 0) is 9.53 Å². The Morgan fingerprint density at radius 3 is 2.67 bits per heavy atom. The van der Waals surface area contributed by atoms with E-state index in [1.807, 2.05) is 47.8 Å². The Morgan fingerprint density at radius 2 is 2.00 bits per heavy atom. The Hall–Kier alpha value is -2.81. The van der Waals surface area contributed by atoms with Gasteiger partial charge in [-0.25, -0.2) is 4.98 Å². The normalized spacial score (nSPS) is 16.5. The predicted molar refractivity (Wildman–Crippen MR) is 117 cm³/mol. The maximum absolute atomic E-state index is 13.5. The number of Topliss-reactive ketones (excluding diaryl/α,β-unsaturated/α-hetero) is 1. The first kappa shape index (κ1) is 20.5. The van der Waals surface area contributed by atoms with Gasteiger partial charge in [0.2, 0.25) is 5.78 Å². The number of aromatic nitrogens is 1. The van der Waals surface area contributed by atoms with Gasteiger partial charge in [-0.15, -0.1) is 22.7 Å². The number of carbonyl (C=O) groups is 2. The summed E-state index contributed by atoms with van der Waals surface area (Å²) in [5.74, 6) is -1.42. The minimum absolute atomic E-state index is 0.102. The van der Waals surface area contributed by atoms with Gasteiger partial charge in [0.25, 0.3) is 5.91 Å². The molecule has 4 rings (SSSR count). The molecular weight excluding hydrogens is 420 g/mol. The van der Waals surface area contributed by atoms with Crippen molar-refractivity contribution in [3.05, 3.63) is 74.6 Å². The molecule has 0 radical (unpaired) electrons. The van der Waals surface area contributed by atoms with Crippen LogP contribution in [0.25, 0.3) is 10.6 Å². The Morgan fingerprint density at radius 1 is 1.23 bits per heavy atom. The molecule has 0 spiro atoms. The first-order chi connectivity index (χ1) is 14.5. The average molecular weight is 441 g/mol. The summed E-state index contributed by atoms with van der Waals surface area (Å²) in [7, 11) is 1.55. The van der Waals surface area contributed by atoms with E-state index >= 15 is 0 Å². The first-order valence-corrected chi connectivity index (χ1v) is 11.1. The van der Waals surface area contributed by atoms with E-state index in [4.69, 9.17) is 4.74 Å². The summed E-state index contributed by atoms with van der Waals surface area (Å²) in [5, 5.41) is 13.3. The number of aryl methyl sites for hydroxylation is 1. The number of methoxy groups -OCH3 is 1. The lowest BCUT2D eigenvalue weighted by Crippen LogP contribution is -2.33. The van der Waals surface area contributed by atoms with Crippen LogP contribution in [0.15, 0.2) is 59.2 Å². The molecule has 1 aliphatic heterocycles. The zero-order valence-corrected chi connectivity index (χ0v) is 18.1. The molecule has 3 aromatic rings. The third-order valence-electron chi connectivity index (χ3n) is 4.92. The van der Waals surface area contributed by atoms with Crippen LogP contribution >= 0.6 is 22.7 Å². The number of thiophene rings is 1. The Kier molecular flexibility index (Phi) is 5.80. The third kappa shape index (κ3) is 3.58. The van der Waals surface area contributed by atoms with E-state index < -0.39 is 17.7 Å². The van der Waals surface area contributed by atoms with Gasteiger partial charge in [0.1, 0.15) is 5.01 Å². The number of hydrogen-bond acceptors (Lipinski definition) is 7. The highest BCUT2D eigenvalue weighted by Gasteiger charge is 2.44. The van der Waals surface area contributed by atoms with Crippen LogP contribution in [0, 0.1) is 6.92 Å². The summed E-state index contributed by atoms with van der Waals surface area (Å²) in [4.78, 5) is 33.6. The second-order valence-electron chi connectivity index (χ2n) is 6.80. The number of ether oxygens (including phenoxy) is 1. The molecule has 154 valence electrons. The number of ketones is 1. The summed E-state index contributed by atoms with van der Waals surface area (Å²) in [6, 6.07) is 12.7. The van der Waals surface area contributed by atoms with E-state index in [2.05, 4.69) is 4.98 Å². The van der Waals surface area contributed by atoms with Gasteiger partial charge in [0.05, 0.1) is 28.8 Å². The maximum atomic E-state index is 13.5. The maximum Gasteiger partial charge on any atom is 0.290 e. The fourth-order valence-electron chi connectivity index (χ4n) is 3.48. The van der Waals surface area contributed by atoms with Gasteiger partial charge >= 0.3 is 0 Å². The quantitative estimate of drug-likeness (QED) is 0.551. The topological polar surface area (TPSA) is 79.7 Å². The fraction of sp³-hybridized carbons (Fsp3) is 0.227. The van der Waals surface area contributed by atoms with Crippen molar-refractivity contribution in [1.82, 2.24) is 9.88 Å². The molecule has 8 heteroatoms. The molecule has 1 aromatic carbocycles. The van der Waals surface area contributed by atoms with Crippen molar-refractivity contribution in [2.24, 2.45) is 0 Å². The molecule has 0 saturated heterocycles. The van der Waals surface area contributed by atoms with Crippen molar-refractivity contribution >= 4 is 34.4 Å². The summed E-state index contributed by atoms with van der Waals surface area (Å²) in [5.41, 5.74) is 1.60. The molecule has 1 atom stereocenters. The van der Waals surface area contributed by atoms with Gasteiger partial charge < -0.3 is 14.7 Å². The average Bonchev–Trinajstić information content (AvgIpc) is 3.47. The van der Waals surface area contributed by atoms with Crippen molar-refractivity contribution in [3.63, 3.8) is 0 Å². The molecule has 0 bridgehead atoms. The second-order valence-corrected chi connectivity index (χ2v) is 8.78. The van der Waals surface area contributed by atoms with Gasteiger partial charge in [0, 0.05) is 24.1 Å². The van der Waals surface area contributed by atoms with Crippen molar-refractivity contribution in [2.45, 2.75) is 13.0 Å². The highest BCUT2D eigenvalue weighted by molar-refractivity contribution is 7.17. The van der Waals surface area contributed by atoms with Crippen LogP contribution in [0.3, 0.4) is 0 Å². The molecule has 0 fully saturated rings. The van der Waals surface area contributed by atoms with E-state index in [1.54, 1.807) is 14.0 Å². The van der Waals surface area contributed by atoms with Crippen LogP contribution in [-0.4, -0.2) is 46.9 Å². The van der Waals surface area contributed by atoms with Crippen molar-refractivity contribution < 1.29 is 19.4 Å². The number of nitrogens with zero attached hydrogens (tertiary/aromatic N) is 2. The Balaban J connectivity index is 1.75. The third-order valence-corrected chi connectivity index (χ3v) is 7.05. The molecule has 0 saturated carbocycles. The van der Waals surface area contributed by atoms with E-state index in [9.17, 15) is 14.7 Å². The number of aliphatic hydroxyl groups is 1. The van der Waals surface area contributed by atoms with Gasteiger partial charge in [0.15, 0.2) is 5.76 Å². The minimum Gasteiger partial charge on any atom is -0.503 e. The summed E-state index contributed by atoms with van der Waals surface area (Å²) in [6.45, 7) is 2.35. The molecule has 0 aliphatic carbocycles. The largest absolute Gasteiger partial charge is 0.503 e. The zero-order chi connectivity index (χ0) is 21.3.